The van der Waals surface area contributed by atoms with Gasteiger partial charge in [-0.2, -0.15) is 0 Å². The molecule has 0 saturated heterocycles. The molecule has 4 nitrogen and oxygen atoms in total. The van der Waals surface area contributed by atoms with Crippen molar-refractivity contribution < 1.29 is 14.6 Å². The highest BCUT2D eigenvalue weighted by Gasteiger charge is 2.27. The normalized spacial score (nSPS) is 17.6. The number of hydrogen-bond acceptors (Lipinski definition) is 4. The Kier molecular flexibility index (Phi) is 2.59. The van der Waals surface area contributed by atoms with Crippen LogP contribution in [0.15, 0.2) is 18.2 Å². The number of aliphatic hydroxyl groups excluding tert-OH is 1. The third-order valence-electron chi connectivity index (χ3n) is 3.37. The van der Waals surface area contributed by atoms with E-state index >= 15 is 0 Å². The topological polar surface area (TPSA) is 51.6 Å². The van der Waals surface area contributed by atoms with Gasteiger partial charge in [0.05, 0.1) is 13.7 Å². The zero-order chi connectivity index (χ0) is 12.7. The fourth-order valence-electron chi connectivity index (χ4n) is 2.46. The predicted octanol–water partition coefficient (Wildman–Crippen LogP) is 1.85. The third kappa shape index (κ3) is 1.53. The van der Waals surface area contributed by atoms with E-state index < -0.39 is 0 Å². The van der Waals surface area contributed by atoms with Crippen LogP contribution in [-0.2, 0) is 6.42 Å². The molecule has 0 amide bonds. The lowest BCUT2D eigenvalue weighted by molar-refractivity contribution is 0.136. The van der Waals surface area contributed by atoms with Gasteiger partial charge in [0.1, 0.15) is 23.1 Å². The molecule has 1 aromatic carbocycles. The van der Waals surface area contributed by atoms with Gasteiger partial charge in [0.15, 0.2) is 0 Å². The lowest BCUT2D eigenvalue weighted by Crippen LogP contribution is -2.17. The third-order valence-corrected chi connectivity index (χ3v) is 3.37. The van der Waals surface area contributed by atoms with E-state index in [0.717, 1.165) is 40.1 Å². The van der Waals surface area contributed by atoms with Crippen molar-refractivity contribution in [2.75, 3.05) is 13.7 Å². The van der Waals surface area contributed by atoms with E-state index in [4.69, 9.17) is 9.47 Å². The van der Waals surface area contributed by atoms with Gasteiger partial charge in [-0.3, -0.25) is 0 Å². The number of aryl methyl sites for hydroxylation is 1. The Morgan fingerprint density at radius 1 is 1.50 bits per heavy atom. The molecule has 1 aliphatic rings. The van der Waals surface area contributed by atoms with Crippen molar-refractivity contribution >= 4 is 10.9 Å². The SMILES string of the molecule is COc1cccc2c3c(c(C)nc12)C[C@H](CO)O3. The van der Waals surface area contributed by atoms with Crippen molar-refractivity contribution in [3.8, 4) is 11.5 Å². The molecule has 0 fully saturated rings. The summed E-state index contributed by atoms with van der Waals surface area (Å²) >= 11 is 0. The Bertz CT molecular complexity index is 610. The highest BCUT2D eigenvalue weighted by Crippen LogP contribution is 2.39. The molecule has 1 N–H and O–H groups in total. The van der Waals surface area contributed by atoms with Gasteiger partial charge < -0.3 is 14.6 Å². The minimum Gasteiger partial charge on any atom is -0.494 e. The number of nitrogens with zero attached hydrogens (tertiary/aromatic N) is 1. The maximum Gasteiger partial charge on any atom is 0.145 e. The molecule has 0 bridgehead atoms. The van der Waals surface area contributed by atoms with Crippen LogP contribution in [0.2, 0.25) is 0 Å². The minimum atomic E-state index is -0.155. The number of hydrogen-bond donors (Lipinski definition) is 1. The molecule has 1 aliphatic heterocycles. The minimum absolute atomic E-state index is 0.0274. The molecular weight excluding hydrogens is 230 g/mol. The van der Waals surface area contributed by atoms with Gasteiger partial charge in [0.2, 0.25) is 0 Å². The van der Waals surface area contributed by atoms with Crippen LogP contribution in [0.3, 0.4) is 0 Å². The highest BCUT2D eigenvalue weighted by molar-refractivity contribution is 5.91. The van der Waals surface area contributed by atoms with E-state index in [1.807, 2.05) is 25.1 Å². The average molecular weight is 245 g/mol. The fraction of sp³-hybridized carbons (Fsp3) is 0.357. The van der Waals surface area contributed by atoms with Crippen molar-refractivity contribution in [2.45, 2.75) is 19.4 Å². The first-order chi connectivity index (χ1) is 8.74. The van der Waals surface area contributed by atoms with Crippen LogP contribution in [0.5, 0.6) is 11.5 Å². The number of rotatable bonds is 2. The number of ether oxygens (including phenoxy) is 2. The molecule has 1 atom stereocenters. The second-order valence-electron chi connectivity index (χ2n) is 4.49. The monoisotopic (exact) mass is 245 g/mol. The van der Waals surface area contributed by atoms with Gasteiger partial charge in [-0.15, -0.1) is 0 Å². The first-order valence-corrected chi connectivity index (χ1v) is 5.98. The molecule has 0 aliphatic carbocycles. The van der Waals surface area contributed by atoms with E-state index in [0.29, 0.717) is 0 Å². The molecule has 4 heteroatoms. The van der Waals surface area contributed by atoms with Crippen molar-refractivity contribution in [2.24, 2.45) is 0 Å². The molecule has 3 rings (SSSR count). The first kappa shape index (κ1) is 11.3. The number of aliphatic hydroxyl groups is 1. The molecule has 18 heavy (non-hydrogen) atoms. The molecule has 1 aromatic heterocycles. The quantitative estimate of drug-likeness (QED) is 0.877. The lowest BCUT2D eigenvalue weighted by atomic mass is 10.1. The van der Waals surface area contributed by atoms with Gasteiger partial charge in [-0.05, 0) is 19.1 Å². The second kappa shape index (κ2) is 4.14. The van der Waals surface area contributed by atoms with Crippen molar-refractivity contribution in [3.05, 3.63) is 29.5 Å². The standard InChI is InChI=1S/C14H15NO3/c1-8-11-6-9(7-16)18-14(11)10-4-3-5-12(17-2)13(10)15-8/h3-5,9,16H,6-7H2,1-2H3/t9-/m1/s1. The van der Waals surface area contributed by atoms with Crippen LogP contribution in [0.1, 0.15) is 11.3 Å². The predicted molar refractivity (Wildman–Crippen MR) is 68.2 cm³/mol. The van der Waals surface area contributed by atoms with E-state index in [1.54, 1.807) is 7.11 Å². The zero-order valence-electron chi connectivity index (χ0n) is 10.4. The highest BCUT2D eigenvalue weighted by atomic mass is 16.5. The second-order valence-corrected chi connectivity index (χ2v) is 4.49. The van der Waals surface area contributed by atoms with E-state index in [2.05, 4.69) is 4.98 Å². The van der Waals surface area contributed by atoms with Gasteiger partial charge in [-0.1, -0.05) is 6.07 Å². The van der Waals surface area contributed by atoms with Crippen molar-refractivity contribution in [1.29, 1.82) is 0 Å². The molecule has 0 radical (unpaired) electrons. The van der Waals surface area contributed by atoms with Crippen LogP contribution < -0.4 is 9.47 Å². The zero-order valence-corrected chi connectivity index (χ0v) is 10.4. The molecule has 94 valence electrons. The Labute approximate surface area is 105 Å². The van der Waals surface area contributed by atoms with Crippen molar-refractivity contribution in [1.82, 2.24) is 4.98 Å². The number of para-hydroxylation sites is 1. The summed E-state index contributed by atoms with van der Waals surface area (Å²) in [6, 6.07) is 5.79. The smallest absolute Gasteiger partial charge is 0.145 e. The largest absolute Gasteiger partial charge is 0.494 e. The Balaban J connectivity index is 2.28. The van der Waals surface area contributed by atoms with Crippen LogP contribution in [0.25, 0.3) is 10.9 Å². The number of methoxy groups -OCH3 is 1. The summed E-state index contributed by atoms with van der Waals surface area (Å²) in [6.45, 7) is 1.99. The Morgan fingerprint density at radius 2 is 2.33 bits per heavy atom. The molecule has 0 unspecified atom stereocenters. The summed E-state index contributed by atoms with van der Waals surface area (Å²) in [5, 5.41) is 10.2. The molecular formula is C14H15NO3. The van der Waals surface area contributed by atoms with Gasteiger partial charge in [-0.25, -0.2) is 4.98 Å². The van der Waals surface area contributed by atoms with Crippen LogP contribution in [-0.4, -0.2) is 29.9 Å². The van der Waals surface area contributed by atoms with E-state index in [9.17, 15) is 5.11 Å². The maximum atomic E-state index is 9.23. The van der Waals surface area contributed by atoms with E-state index in [-0.39, 0.29) is 12.7 Å². The first-order valence-electron chi connectivity index (χ1n) is 5.98. The Hall–Kier alpha value is -1.81. The average Bonchev–Trinajstić information content (AvgIpc) is 2.83. The summed E-state index contributed by atoms with van der Waals surface area (Å²) in [7, 11) is 1.64. The molecule has 0 saturated carbocycles. The summed E-state index contributed by atoms with van der Waals surface area (Å²) < 4.78 is 11.1. The summed E-state index contributed by atoms with van der Waals surface area (Å²) in [5.41, 5.74) is 2.85. The molecule has 0 spiro atoms. The Morgan fingerprint density at radius 3 is 3.06 bits per heavy atom. The number of benzene rings is 1. The molecule has 2 aromatic rings. The number of pyridine rings is 1. The van der Waals surface area contributed by atoms with Crippen LogP contribution in [0.4, 0.5) is 0 Å². The molecule has 2 heterocycles. The summed E-state index contributed by atoms with van der Waals surface area (Å²) in [4.78, 5) is 4.60. The van der Waals surface area contributed by atoms with Gasteiger partial charge in [0, 0.05) is 23.1 Å². The van der Waals surface area contributed by atoms with Crippen molar-refractivity contribution in [3.63, 3.8) is 0 Å². The van der Waals surface area contributed by atoms with Crippen LogP contribution >= 0.6 is 0 Å². The summed E-state index contributed by atoms with van der Waals surface area (Å²) in [6.07, 6.45) is 0.565. The number of fused-ring (bicyclic) bond motifs is 3. The number of aromatic nitrogens is 1. The van der Waals surface area contributed by atoms with Crippen LogP contribution in [0, 0.1) is 6.92 Å². The fourth-order valence-corrected chi connectivity index (χ4v) is 2.46. The van der Waals surface area contributed by atoms with Gasteiger partial charge in [0.25, 0.3) is 0 Å². The van der Waals surface area contributed by atoms with Gasteiger partial charge >= 0.3 is 0 Å². The van der Waals surface area contributed by atoms with E-state index in [1.165, 1.54) is 0 Å². The maximum absolute atomic E-state index is 9.23. The lowest BCUT2D eigenvalue weighted by Gasteiger charge is -2.10. The summed E-state index contributed by atoms with van der Waals surface area (Å²) in [5.74, 6) is 1.59.